The molecule has 20 heavy (non-hydrogen) atoms. The number of rotatable bonds is 5. The van der Waals surface area contributed by atoms with E-state index in [1.54, 1.807) is 0 Å². The van der Waals surface area contributed by atoms with Crippen molar-refractivity contribution in [2.75, 3.05) is 26.2 Å². The molecule has 1 aromatic heterocycles. The van der Waals surface area contributed by atoms with Crippen LogP contribution >= 0.6 is 11.6 Å². The van der Waals surface area contributed by atoms with E-state index in [9.17, 15) is 0 Å². The molecule has 4 nitrogen and oxygen atoms in total. The van der Waals surface area contributed by atoms with Crippen LogP contribution in [0.15, 0.2) is 0 Å². The fourth-order valence-electron chi connectivity index (χ4n) is 2.34. The zero-order valence-corrected chi connectivity index (χ0v) is 13.4. The van der Waals surface area contributed by atoms with Gasteiger partial charge in [0.1, 0.15) is 17.6 Å². The van der Waals surface area contributed by atoms with Gasteiger partial charge in [0.15, 0.2) is 0 Å². The minimum absolute atomic E-state index is 0.248. The zero-order chi connectivity index (χ0) is 14.5. The molecule has 0 amide bonds. The maximum Gasteiger partial charge on any atom is 0.221 e. The first-order valence-electron chi connectivity index (χ1n) is 7.47. The fraction of sp³-hybridized carbons (Fsp3) is 0.733. The number of aromatic nitrogens is 2. The van der Waals surface area contributed by atoms with Crippen LogP contribution in [0.25, 0.3) is 0 Å². The maximum atomic E-state index is 6.15. The lowest BCUT2D eigenvalue weighted by Crippen LogP contribution is -2.33. The van der Waals surface area contributed by atoms with E-state index in [-0.39, 0.29) is 5.92 Å². The van der Waals surface area contributed by atoms with Crippen molar-refractivity contribution < 1.29 is 4.74 Å². The van der Waals surface area contributed by atoms with E-state index in [2.05, 4.69) is 28.7 Å². The van der Waals surface area contributed by atoms with Gasteiger partial charge in [-0.2, -0.15) is 4.98 Å². The summed E-state index contributed by atoms with van der Waals surface area (Å²) >= 11 is 6.15. The molecule has 2 rings (SSSR count). The molecule has 0 saturated carbocycles. The number of piperidine rings is 1. The molecule has 112 valence electrons. The normalized spacial score (nSPS) is 16.6. The van der Waals surface area contributed by atoms with Gasteiger partial charge in [-0.3, -0.25) is 4.90 Å². The first kappa shape index (κ1) is 15.5. The summed E-state index contributed by atoms with van der Waals surface area (Å²) in [5.41, 5.74) is 0.828. The Balaban J connectivity index is 1.94. The quantitative estimate of drug-likeness (QED) is 0.781. The summed E-state index contributed by atoms with van der Waals surface area (Å²) in [6.45, 7) is 10.00. The second-order valence-corrected chi connectivity index (χ2v) is 6.07. The molecule has 1 fully saturated rings. The Morgan fingerprint density at radius 2 is 1.90 bits per heavy atom. The molecule has 0 aromatic carbocycles. The monoisotopic (exact) mass is 297 g/mol. The molecule has 0 spiro atoms. The second-order valence-electron chi connectivity index (χ2n) is 5.71. The van der Waals surface area contributed by atoms with Crippen LogP contribution in [-0.2, 0) is 0 Å². The van der Waals surface area contributed by atoms with E-state index in [4.69, 9.17) is 16.3 Å². The van der Waals surface area contributed by atoms with E-state index in [1.165, 1.54) is 32.4 Å². The molecule has 0 unspecified atom stereocenters. The SMILES string of the molecule is Cc1c(Cl)nc(C(C)C)nc1OCCN1CCCCC1. The molecule has 0 N–H and O–H groups in total. The summed E-state index contributed by atoms with van der Waals surface area (Å²) < 4.78 is 5.83. The third-order valence-electron chi connectivity index (χ3n) is 3.67. The van der Waals surface area contributed by atoms with Crippen LogP contribution in [0, 0.1) is 6.92 Å². The molecule has 0 bridgehead atoms. The van der Waals surface area contributed by atoms with Crippen molar-refractivity contribution in [1.82, 2.24) is 14.9 Å². The van der Waals surface area contributed by atoms with Gasteiger partial charge in [0.2, 0.25) is 5.88 Å². The molecule has 1 aliphatic heterocycles. The highest BCUT2D eigenvalue weighted by Crippen LogP contribution is 2.24. The fourth-order valence-corrected chi connectivity index (χ4v) is 2.51. The summed E-state index contributed by atoms with van der Waals surface area (Å²) in [5.74, 6) is 1.62. The summed E-state index contributed by atoms with van der Waals surface area (Å²) in [6.07, 6.45) is 3.96. The van der Waals surface area contributed by atoms with Crippen molar-refractivity contribution in [2.45, 2.75) is 46.0 Å². The largest absolute Gasteiger partial charge is 0.476 e. The first-order chi connectivity index (χ1) is 9.58. The molecule has 1 aromatic rings. The Kier molecular flexibility index (Phi) is 5.61. The number of hydrogen-bond acceptors (Lipinski definition) is 4. The predicted octanol–water partition coefficient (Wildman–Crippen LogP) is 3.43. The summed E-state index contributed by atoms with van der Waals surface area (Å²) in [6, 6.07) is 0. The van der Waals surface area contributed by atoms with Crippen molar-refractivity contribution in [3.05, 3.63) is 16.5 Å². The van der Waals surface area contributed by atoms with Crippen molar-refractivity contribution in [3.63, 3.8) is 0 Å². The second kappa shape index (κ2) is 7.23. The van der Waals surface area contributed by atoms with Crippen molar-refractivity contribution in [2.24, 2.45) is 0 Å². The Labute approximate surface area is 126 Å². The highest BCUT2D eigenvalue weighted by Gasteiger charge is 2.14. The van der Waals surface area contributed by atoms with Crippen LogP contribution in [0.4, 0.5) is 0 Å². The van der Waals surface area contributed by atoms with Gasteiger partial charge in [-0.05, 0) is 32.9 Å². The van der Waals surface area contributed by atoms with Crippen molar-refractivity contribution in [3.8, 4) is 5.88 Å². The van der Waals surface area contributed by atoms with Gasteiger partial charge in [0, 0.05) is 18.0 Å². The van der Waals surface area contributed by atoms with E-state index in [1.807, 2.05) is 6.92 Å². The smallest absolute Gasteiger partial charge is 0.221 e. The lowest BCUT2D eigenvalue weighted by atomic mass is 10.1. The minimum atomic E-state index is 0.248. The van der Waals surface area contributed by atoms with E-state index in [0.717, 1.165) is 17.9 Å². The summed E-state index contributed by atoms with van der Waals surface area (Å²) in [7, 11) is 0. The standard InChI is InChI=1S/C15H24ClN3O/c1-11(2)14-17-13(16)12(3)15(18-14)20-10-9-19-7-5-4-6-8-19/h11H,4-10H2,1-3H3. The zero-order valence-electron chi connectivity index (χ0n) is 12.7. The Bertz CT molecular complexity index is 445. The molecule has 2 heterocycles. The number of ether oxygens (including phenoxy) is 1. The van der Waals surface area contributed by atoms with Crippen molar-refractivity contribution >= 4 is 11.6 Å². The molecule has 5 heteroatoms. The van der Waals surface area contributed by atoms with Gasteiger partial charge >= 0.3 is 0 Å². The van der Waals surface area contributed by atoms with Crippen LogP contribution < -0.4 is 4.74 Å². The summed E-state index contributed by atoms with van der Waals surface area (Å²) in [5, 5.41) is 0.497. The number of halogens is 1. The number of hydrogen-bond donors (Lipinski definition) is 0. The maximum absolute atomic E-state index is 6.15. The van der Waals surface area contributed by atoms with Crippen LogP contribution in [0.2, 0.25) is 5.15 Å². The number of likely N-dealkylation sites (tertiary alicyclic amines) is 1. The Morgan fingerprint density at radius 3 is 2.55 bits per heavy atom. The lowest BCUT2D eigenvalue weighted by molar-refractivity contribution is 0.179. The Morgan fingerprint density at radius 1 is 1.20 bits per heavy atom. The van der Waals surface area contributed by atoms with Gasteiger partial charge in [-0.25, -0.2) is 4.98 Å². The third-order valence-corrected chi connectivity index (χ3v) is 4.04. The van der Waals surface area contributed by atoms with Gasteiger partial charge in [0.25, 0.3) is 0 Å². The van der Waals surface area contributed by atoms with E-state index < -0.39 is 0 Å². The lowest BCUT2D eigenvalue weighted by Gasteiger charge is -2.26. The van der Waals surface area contributed by atoms with Crippen molar-refractivity contribution in [1.29, 1.82) is 0 Å². The molecular formula is C15H24ClN3O. The highest BCUT2D eigenvalue weighted by molar-refractivity contribution is 6.30. The van der Waals surface area contributed by atoms with Crippen LogP contribution in [-0.4, -0.2) is 41.1 Å². The number of nitrogens with zero attached hydrogens (tertiary/aromatic N) is 3. The topological polar surface area (TPSA) is 38.3 Å². The van der Waals surface area contributed by atoms with Gasteiger partial charge in [-0.15, -0.1) is 0 Å². The molecule has 1 aliphatic rings. The predicted molar refractivity (Wildman–Crippen MR) is 81.7 cm³/mol. The van der Waals surface area contributed by atoms with E-state index in [0.29, 0.717) is 17.6 Å². The van der Waals surface area contributed by atoms with Crippen LogP contribution in [0.1, 0.15) is 50.4 Å². The average Bonchev–Trinajstić information content (AvgIpc) is 2.44. The molecular weight excluding hydrogens is 274 g/mol. The molecule has 0 aliphatic carbocycles. The molecule has 0 radical (unpaired) electrons. The summed E-state index contributed by atoms with van der Waals surface area (Å²) in [4.78, 5) is 11.2. The highest BCUT2D eigenvalue weighted by atomic mass is 35.5. The molecule has 0 atom stereocenters. The minimum Gasteiger partial charge on any atom is -0.476 e. The van der Waals surface area contributed by atoms with Gasteiger partial charge in [0.05, 0.1) is 0 Å². The van der Waals surface area contributed by atoms with Gasteiger partial charge in [-0.1, -0.05) is 31.9 Å². The van der Waals surface area contributed by atoms with Crippen LogP contribution in [0.5, 0.6) is 5.88 Å². The Hall–Kier alpha value is -0.870. The molecule has 1 saturated heterocycles. The first-order valence-corrected chi connectivity index (χ1v) is 7.85. The van der Waals surface area contributed by atoms with E-state index >= 15 is 0 Å². The van der Waals surface area contributed by atoms with Crippen LogP contribution in [0.3, 0.4) is 0 Å². The average molecular weight is 298 g/mol. The van der Waals surface area contributed by atoms with Gasteiger partial charge < -0.3 is 4.74 Å². The third kappa shape index (κ3) is 4.06.